The van der Waals surface area contributed by atoms with Crippen LogP contribution in [0.15, 0.2) is 133 Å². The van der Waals surface area contributed by atoms with Crippen LogP contribution < -0.4 is 19.7 Å². The second-order valence-corrected chi connectivity index (χ2v) is 10.3. The number of methoxy groups -OCH3 is 2. The highest BCUT2D eigenvalue weighted by Gasteiger charge is 2.22. The van der Waals surface area contributed by atoms with Gasteiger partial charge in [-0.3, -0.25) is 4.79 Å². The Labute approximate surface area is 264 Å². The van der Waals surface area contributed by atoms with Crippen LogP contribution in [0.5, 0.6) is 11.5 Å². The topological polar surface area (TPSA) is 77.1 Å². The van der Waals surface area contributed by atoms with Gasteiger partial charge < -0.3 is 24.4 Å². The van der Waals surface area contributed by atoms with Gasteiger partial charge >= 0.3 is 5.97 Å². The van der Waals surface area contributed by atoms with E-state index in [1.54, 1.807) is 31.4 Å². The van der Waals surface area contributed by atoms with E-state index in [4.69, 9.17) is 14.2 Å². The Morgan fingerprint density at radius 3 is 2.09 bits per heavy atom. The Morgan fingerprint density at radius 1 is 0.711 bits per heavy atom. The van der Waals surface area contributed by atoms with Crippen LogP contribution in [0, 0.1) is 0 Å². The second kappa shape index (κ2) is 15.3. The van der Waals surface area contributed by atoms with Gasteiger partial charge in [-0.05, 0) is 54.1 Å². The summed E-state index contributed by atoms with van der Waals surface area (Å²) in [6.07, 6.45) is 0.360. The van der Waals surface area contributed by atoms with E-state index in [-0.39, 0.29) is 5.78 Å². The van der Waals surface area contributed by atoms with Gasteiger partial charge in [0.25, 0.3) is 0 Å². The molecule has 0 bridgehead atoms. The van der Waals surface area contributed by atoms with E-state index >= 15 is 0 Å². The third-order valence-electron chi connectivity index (χ3n) is 7.40. The summed E-state index contributed by atoms with van der Waals surface area (Å²) in [6.45, 7) is 1.07. The minimum atomic E-state index is -0.700. The number of hydrogen-bond acceptors (Lipinski definition) is 7. The third kappa shape index (κ3) is 8.09. The Hall–Kier alpha value is -5.56. The molecule has 0 aliphatic heterocycles. The Morgan fingerprint density at radius 2 is 1.38 bits per heavy atom. The molecule has 7 nitrogen and oxygen atoms in total. The average molecular weight is 601 g/mol. The van der Waals surface area contributed by atoms with Crippen molar-refractivity contribution in [3.05, 3.63) is 150 Å². The Bertz CT molecular complexity index is 1690. The highest BCUT2D eigenvalue weighted by molar-refractivity contribution is 6.12. The minimum Gasteiger partial charge on any atom is -0.497 e. The lowest BCUT2D eigenvalue weighted by Gasteiger charge is -2.25. The first-order chi connectivity index (χ1) is 22.1. The molecule has 7 heteroatoms. The van der Waals surface area contributed by atoms with E-state index in [1.807, 2.05) is 97.1 Å². The number of nitrogens with one attached hydrogen (secondary N) is 1. The fourth-order valence-corrected chi connectivity index (χ4v) is 5.08. The maximum atomic E-state index is 13.2. The average Bonchev–Trinajstić information content (AvgIpc) is 3.11. The molecule has 0 fully saturated rings. The molecule has 0 spiro atoms. The quantitative estimate of drug-likeness (QED) is 0.106. The first-order valence-corrected chi connectivity index (χ1v) is 14.8. The smallest absolute Gasteiger partial charge is 0.328 e. The predicted octanol–water partition coefficient (Wildman–Crippen LogP) is 7.34. The molecule has 0 aliphatic carbocycles. The molecule has 0 aliphatic rings. The first-order valence-electron chi connectivity index (χ1n) is 14.8. The summed E-state index contributed by atoms with van der Waals surface area (Å²) in [5, 5.41) is 3.26. The zero-order valence-electron chi connectivity index (χ0n) is 25.4. The molecule has 1 atom stereocenters. The van der Waals surface area contributed by atoms with Crippen molar-refractivity contribution in [2.45, 2.75) is 12.5 Å². The normalized spacial score (nSPS) is 11.2. The van der Waals surface area contributed by atoms with Crippen LogP contribution in [-0.2, 0) is 16.0 Å². The highest BCUT2D eigenvalue weighted by atomic mass is 16.5. The molecule has 45 heavy (non-hydrogen) atoms. The lowest BCUT2D eigenvalue weighted by atomic mass is 10.00. The standard InChI is InChI=1S/C38H36N2O5/c1-43-33-17-11-16-31(27-33)40(30-14-7-4-8-15-30)24-25-45-32-22-20-28(21-23-32)26-36(38(42)44-2)39-35-19-10-9-18-34(35)37(41)29-12-5-3-6-13-29/h3-23,27,36,39H,24-26H2,1-2H3. The fraction of sp³-hybridized carbons (Fsp3) is 0.158. The molecule has 0 saturated heterocycles. The number of carbonyl (C=O) groups excluding carboxylic acids is 2. The lowest BCUT2D eigenvalue weighted by molar-refractivity contribution is -0.141. The molecule has 1 unspecified atom stereocenters. The molecule has 5 aromatic carbocycles. The van der Waals surface area contributed by atoms with Crippen LogP contribution in [-0.4, -0.2) is 45.2 Å². The molecular weight excluding hydrogens is 564 g/mol. The number of carbonyl (C=O) groups is 2. The van der Waals surface area contributed by atoms with Crippen molar-refractivity contribution < 1.29 is 23.8 Å². The van der Waals surface area contributed by atoms with Gasteiger partial charge in [0.1, 0.15) is 24.1 Å². The monoisotopic (exact) mass is 600 g/mol. The summed E-state index contributed by atoms with van der Waals surface area (Å²) < 4.78 is 16.7. The van der Waals surface area contributed by atoms with E-state index < -0.39 is 12.0 Å². The van der Waals surface area contributed by atoms with E-state index in [9.17, 15) is 9.59 Å². The van der Waals surface area contributed by atoms with Gasteiger partial charge in [0, 0.05) is 40.7 Å². The molecule has 0 aromatic heterocycles. The summed E-state index contributed by atoms with van der Waals surface area (Å²) in [6, 6.07) is 41.3. The number of esters is 1. The van der Waals surface area contributed by atoms with Crippen molar-refractivity contribution >= 4 is 28.8 Å². The SMILES string of the molecule is COC(=O)C(Cc1ccc(OCCN(c2ccccc2)c2cccc(OC)c2)cc1)Nc1ccccc1C(=O)c1ccccc1. The molecule has 5 rings (SSSR count). The van der Waals surface area contributed by atoms with Crippen LogP contribution >= 0.6 is 0 Å². The molecule has 0 saturated carbocycles. The summed E-state index contributed by atoms with van der Waals surface area (Å²) in [5.41, 5.74) is 4.61. The zero-order chi connectivity index (χ0) is 31.4. The molecule has 1 N–H and O–H groups in total. The highest BCUT2D eigenvalue weighted by Crippen LogP contribution is 2.28. The van der Waals surface area contributed by atoms with Crippen molar-refractivity contribution in [2.24, 2.45) is 0 Å². The van der Waals surface area contributed by atoms with E-state index in [0.29, 0.717) is 36.4 Å². The molecule has 0 amide bonds. The van der Waals surface area contributed by atoms with E-state index in [0.717, 1.165) is 28.4 Å². The van der Waals surface area contributed by atoms with Crippen LogP contribution in [0.3, 0.4) is 0 Å². The van der Waals surface area contributed by atoms with Gasteiger partial charge in [-0.1, -0.05) is 78.9 Å². The number of ketones is 1. The number of benzene rings is 5. The van der Waals surface area contributed by atoms with Gasteiger partial charge in [-0.2, -0.15) is 0 Å². The van der Waals surface area contributed by atoms with Gasteiger partial charge in [0.05, 0.1) is 20.8 Å². The molecular formula is C38H36N2O5. The zero-order valence-corrected chi connectivity index (χ0v) is 25.4. The molecule has 228 valence electrons. The molecule has 5 aromatic rings. The van der Waals surface area contributed by atoms with Crippen molar-refractivity contribution in [3.63, 3.8) is 0 Å². The number of rotatable bonds is 14. The number of anilines is 3. The number of ether oxygens (including phenoxy) is 3. The van der Waals surface area contributed by atoms with Crippen molar-refractivity contribution in [1.82, 2.24) is 0 Å². The van der Waals surface area contributed by atoms with E-state index in [1.165, 1.54) is 7.11 Å². The maximum Gasteiger partial charge on any atom is 0.328 e. The predicted molar refractivity (Wildman–Crippen MR) is 178 cm³/mol. The van der Waals surface area contributed by atoms with Gasteiger partial charge in [-0.25, -0.2) is 4.79 Å². The second-order valence-electron chi connectivity index (χ2n) is 10.3. The maximum absolute atomic E-state index is 13.2. The Kier molecular flexibility index (Phi) is 10.5. The largest absolute Gasteiger partial charge is 0.497 e. The fourth-order valence-electron chi connectivity index (χ4n) is 5.08. The number of nitrogens with zero attached hydrogens (tertiary/aromatic N) is 1. The summed E-state index contributed by atoms with van der Waals surface area (Å²) in [4.78, 5) is 28.2. The van der Waals surface area contributed by atoms with Gasteiger partial charge in [0.15, 0.2) is 5.78 Å². The lowest BCUT2D eigenvalue weighted by Crippen LogP contribution is -2.33. The third-order valence-corrected chi connectivity index (χ3v) is 7.40. The van der Waals surface area contributed by atoms with Crippen LogP contribution in [0.4, 0.5) is 17.1 Å². The molecule has 0 heterocycles. The number of para-hydroxylation sites is 2. The number of hydrogen-bond donors (Lipinski definition) is 1. The van der Waals surface area contributed by atoms with Crippen molar-refractivity contribution in [2.75, 3.05) is 37.6 Å². The van der Waals surface area contributed by atoms with E-state index in [2.05, 4.69) is 22.3 Å². The summed E-state index contributed by atoms with van der Waals surface area (Å²) in [7, 11) is 3.02. The van der Waals surface area contributed by atoms with Gasteiger partial charge in [-0.15, -0.1) is 0 Å². The Balaban J connectivity index is 1.24. The van der Waals surface area contributed by atoms with Crippen molar-refractivity contribution in [1.29, 1.82) is 0 Å². The first kappa shape index (κ1) is 30.9. The molecule has 0 radical (unpaired) electrons. The van der Waals surface area contributed by atoms with Crippen LogP contribution in [0.2, 0.25) is 0 Å². The van der Waals surface area contributed by atoms with Crippen LogP contribution in [0.25, 0.3) is 0 Å². The minimum absolute atomic E-state index is 0.124. The summed E-state index contributed by atoms with van der Waals surface area (Å²) >= 11 is 0. The van der Waals surface area contributed by atoms with Crippen LogP contribution in [0.1, 0.15) is 21.5 Å². The summed E-state index contributed by atoms with van der Waals surface area (Å²) in [5.74, 6) is 0.964. The van der Waals surface area contributed by atoms with Gasteiger partial charge in [0.2, 0.25) is 0 Å². The van der Waals surface area contributed by atoms with Crippen molar-refractivity contribution in [3.8, 4) is 11.5 Å².